The standard InChI is InChI=1S/C26H28N2O5S2/c1-3-17-7-10-19(11-8-17)27-25(30)33-21-12-9-18(14-22(21)31-4-2)15-23-24(29)28(26(34)35-23)16-20-6-5-13-32-20/h7-12,14-15,20H,3-6,13,16H2,1-2H3,(H,27,30)/b23-15+/t20-/m0/s1. The Bertz CT molecular complexity index is 1130. The van der Waals surface area contributed by atoms with E-state index in [0.717, 1.165) is 31.4 Å². The fourth-order valence-corrected chi connectivity index (χ4v) is 5.11. The number of aryl methyl sites for hydroxylation is 1. The smallest absolute Gasteiger partial charge is 0.417 e. The zero-order valence-corrected chi connectivity index (χ0v) is 21.4. The lowest BCUT2D eigenvalue weighted by molar-refractivity contribution is -0.123. The highest BCUT2D eigenvalue weighted by molar-refractivity contribution is 8.26. The van der Waals surface area contributed by atoms with Crippen LogP contribution < -0.4 is 14.8 Å². The fourth-order valence-electron chi connectivity index (χ4n) is 3.83. The van der Waals surface area contributed by atoms with E-state index in [1.807, 2.05) is 31.2 Å². The van der Waals surface area contributed by atoms with Gasteiger partial charge in [-0.2, -0.15) is 0 Å². The van der Waals surface area contributed by atoms with Gasteiger partial charge in [-0.1, -0.05) is 49.1 Å². The van der Waals surface area contributed by atoms with Crippen molar-refractivity contribution in [3.05, 3.63) is 58.5 Å². The highest BCUT2D eigenvalue weighted by atomic mass is 32.2. The van der Waals surface area contributed by atoms with E-state index in [-0.39, 0.29) is 17.8 Å². The van der Waals surface area contributed by atoms with Crippen molar-refractivity contribution in [2.75, 3.05) is 25.1 Å². The van der Waals surface area contributed by atoms with Crippen molar-refractivity contribution in [1.82, 2.24) is 4.90 Å². The molecule has 0 aromatic heterocycles. The molecule has 0 unspecified atom stereocenters. The van der Waals surface area contributed by atoms with Crippen molar-refractivity contribution in [3.8, 4) is 11.5 Å². The van der Waals surface area contributed by atoms with E-state index >= 15 is 0 Å². The normalized spacial score (nSPS) is 18.9. The van der Waals surface area contributed by atoms with E-state index in [1.54, 1.807) is 29.2 Å². The number of nitrogens with zero attached hydrogens (tertiary/aromatic N) is 1. The quantitative estimate of drug-likeness (QED) is 0.362. The molecule has 1 N–H and O–H groups in total. The van der Waals surface area contributed by atoms with E-state index in [9.17, 15) is 9.59 Å². The summed E-state index contributed by atoms with van der Waals surface area (Å²) in [7, 11) is 0. The number of hydrogen-bond acceptors (Lipinski definition) is 7. The molecule has 1 atom stereocenters. The predicted octanol–water partition coefficient (Wildman–Crippen LogP) is 5.64. The van der Waals surface area contributed by atoms with Gasteiger partial charge in [-0.25, -0.2) is 4.79 Å². The average Bonchev–Trinajstić information content (AvgIpc) is 3.45. The number of nitrogens with one attached hydrogen (secondary N) is 1. The van der Waals surface area contributed by atoms with Gasteiger partial charge < -0.3 is 14.2 Å². The highest BCUT2D eigenvalue weighted by Crippen LogP contribution is 2.35. The second-order valence-corrected chi connectivity index (χ2v) is 9.81. The van der Waals surface area contributed by atoms with Gasteiger partial charge in [-0.3, -0.25) is 15.0 Å². The Kier molecular flexibility index (Phi) is 8.43. The molecule has 2 saturated heterocycles. The molecule has 2 amide bonds. The third kappa shape index (κ3) is 6.42. The van der Waals surface area contributed by atoms with Crippen molar-refractivity contribution in [2.45, 2.75) is 39.2 Å². The van der Waals surface area contributed by atoms with Gasteiger partial charge in [0, 0.05) is 12.3 Å². The summed E-state index contributed by atoms with van der Waals surface area (Å²) in [6, 6.07) is 12.8. The summed E-state index contributed by atoms with van der Waals surface area (Å²) in [6.45, 7) is 5.52. The Balaban J connectivity index is 1.45. The van der Waals surface area contributed by atoms with Crippen LogP contribution in [-0.4, -0.2) is 47.1 Å². The summed E-state index contributed by atoms with van der Waals surface area (Å²) >= 11 is 6.71. The minimum Gasteiger partial charge on any atom is -0.490 e. The number of amides is 2. The number of benzene rings is 2. The van der Waals surface area contributed by atoms with Crippen molar-refractivity contribution in [2.24, 2.45) is 0 Å². The van der Waals surface area contributed by atoms with E-state index in [4.69, 9.17) is 26.4 Å². The molecule has 4 rings (SSSR count). The molecule has 7 nitrogen and oxygen atoms in total. The molecule has 0 aliphatic carbocycles. The van der Waals surface area contributed by atoms with Gasteiger partial charge in [0.05, 0.1) is 24.2 Å². The maximum absolute atomic E-state index is 12.9. The molecule has 184 valence electrons. The third-order valence-corrected chi connectivity index (χ3v) is 7.04. The average molecular weight is 513 g/mol. The Morgan fingerprint density at radius 3 is 2.71 bits per heavy atom. The number of anilines is 1. The van der Waals surface area contributed by atoms with Crippen LogP contribution >= 0.6 is 24.0 Å². The van der Waals surface area contributed by atoms with Gasteiger partial charge in [-0.05, 0) is 67.7 Å². The van der Waals surface area contributed by atoms with E-state index < -0.39 is 6.09 Å². The van der Waals surface area contributed by atoms with Crippen LogP contribution in [0.25, 0.3) is 6.08 Å². The molecule has 2 heterocycles. The third-order valence-electron chi connectivity index (χ3n) is 5.66. The van der Waals surface area contributed by atoms with Gasteiger partial charge in [0.25, 0.3) is 5.91 Å². The summed E-state index contributed by atoms with van der Waals surface area (Å²) < 4.78 is 17.4. The van der Waals surface area contributed by atoms with Crippen LogP contribution in [0.2, 0.25) is 0 Å². The number of ether oxygens (including phenoxy) is 3. The molecular weight excluding hydrogens is 484 g/mol. The lowest BCUT2D eigenvalue weighted by Gasteiger charge is -2.18. The van der Waals surface area contributed by atoms with Gasteiger partial charge in [-0.15, -0.1) is 0 Å². The molecular formula is C26H28N2O5S2. The number of rotatable bonds is 8. The molecule has 0 radical (unpaired) electrons. The largest absolute Gasteiger partial charge is 0.490 e. The summed E-state index contributed by atoms with van der Waals surface area (Å²) in [4.78, 5) is 27.5. The molecule has 0 bridgehead atoms. The lowest BCUT2D eigenvalue weighted by Crippen LogP contribution is -2.35. The minimum atomic E-state index is -0.613. The molecule has 0 saturated carbocycles. The zero-order chi connectivity index (χ0) is 24.8. The van der Waals surface area contributed by atoms with Crippen LogP contribution in [0, 0.1) is 0 Å². The fraction of sp³-hybridized carbons (Fsp3) is 0.346. The Morgan fingerprint density at radius 2 is 2.03 bits per heavy atom. The van der Waals surface area contributed by atoms with E-state index in [0.29, 0.717) is 33.8 Å². The minimum absolute atomic E-state index is 0.0357. The first kappa shape index (κ1) is 25.2. The topological polar surface area (TPSA) is 77.1 Å². The molecule has 2 aromatic carbocycles. The van der Waals surface area contributed by atoms with Gasteiger partial charge in [0.15, 0.2) is 11.5 Å². The first-order valence-corrected chi connectivity index (χ1v) is 12.9. The second-order valence-electron chi connectivity index (χ2n) is 8.13. The number of hydrogen-bond donors (Lipinski definition) is 1. The van der Waals surface area contributed by atoms with Crippen molar-refractivity contribution in [1.29, 1.82) is 0 Å². The summed E-state index contributed by atoms with van der Waals surface area (Å²) in [5, 5.41) is 2.72. The second kappa shape index (κ2) is 11.7. The van der Waals surface area contributed by atoms with Crippen LogP contribution in [0.15, 0.2) is 47.4 Å². The van der Waals surface area contributed by atoms with E-state index in [1.165, 1.54) is 17.3 Å². The molecule has 2 aromatic rings. The number of carbonyl (C=O) groups is 2. The first-order valence-electron chi connectivity index (χ1n) is 11.7. The number of carbonyl (C=O) groups excluding carboxylic acids is 2. The SMILES string of the molecule is CCOc1cc(/C=C2/SC(=S)N(C[C@@H]3CCCO3)C2=O)ccc1OC(=O)Nc1ccc(CC)cc1. The van der Waals surface area contributed by atoms with Crippen LogP contribution in [0.3, 0.4) is 0 Å². The molecule has 2 fully saturated rings. The molecule has 9 heteroatoms. The van der Waals surface area contributed by atoms with Crippen LogP contribution in [-0.2, 0) is 16.0 Å². The van der Waals surface area contributed by atoms with Crippen LogP contribution in [0.5, 0.6) is 11.5 Å². The maximum atomic E-state index is 12.9. The van der Waals surface area contributed by atoms with Crippen LogP contribution in [0.4, 0.5) is 10.5 Å². The van der Waals surface area contributed by atoms with Crippen molar-refractivity contribution in [3.63, 3.8) is 0 Å². The summed E-state index contributed by atoms with van der Waals surface area (Å²) in [5.74, 6) is 0.576. The molecule has 35 heavy (non-hydrogen) atoms. The highest BCUT2D eigenvalue weighted by Gasteiger charge is 2.34. The van der Waals surface area contributed by atoms with Gasteiger partial charge in [0.2, 0.25) is 0 Å². The van der Waals surface area contributed by atoms with Crippen molar-refractivity contribution >= 4 is 52.1 Å². The van der Waals surface area contributed by atoms with Gasteiger partial charge in [0.1, 0.15) is 4.32 Å². The number of thiocarbonyl (C=S) groups is 1. The van der Waals surface area contributed by atoms with Gasteiger partial charge >= 0.3 is 6.09 Å². The lowest BCUT2D eigenvalue weighted by atomic mass is 10.1. The Hall–Kier alpha value is -2.88. The molecule has 2 aliphatic heterocycles. The maximum Gasteiger partial charge on any atom is 0.417 e. The Morgan fingerprint density at radius 1 is 1.23 bits per heavy atom. The zero-order valence-electron chi connectivity index (χ0n) is 19.7. The monoisotopic (exact) mass is 512 g/mol. The molecule has 2 aliphatic rings. The number of thioether (sulfide) groups is 1. The summed E-state index contributed by atoms with van der Waals surface area (Å²) in [6.07, 6.45) is 4.07. The predicted molar refractivity (Wildman–Crippen MR) is 142 cm³/mol. The first-order chi connectivity index (χ1) is 17.0. The van der Waals surface area contributed by atoms with Crippen molar-refractivity contribution < 1.29 is 23.8 Å². The van der Waals surface area contributed by atoms with Crippen LogP contribution in [0.1, 0.15) is 37.8 Å². The van der Waals surface area contributed by atoms with E-state index in [2.05, 4.69) is 12.2 Å². The molecule has 0 spiro atoms. The Labute approximate surface area is 214 Å². The summed E-state index contributed by atoms with van der Waals surface area (Å²) in [5.41, 5.74) is 2.57.